The van der Waals surface area contributed by atoms with Gasteiger partial charge in [0.05, 0.1) is 6.04 Å². The Balaban J connectivity index is 1.59. The predicted molar refractivity (Wildman–Crippen MR) is 95.1 cm³/mol. The fourth-order valence-electron chi connectivity index (χ4n) is 4.11. The second kappa shape index (κ2) is 6.89. The van der Waals surface area contributed by atoms with Gasteiger partial charge in [0, 0.05) is 18.7 Å². The SMILES string of the molecule is C=C1CC(c2ccc3c(c2)CCC3C)N1CCCCCCC. The van der Waals surface area contributed by atoms with Crippen LogP contribution in [0.4, 0.5) is 0 Å². The van der Waals surface area contributed by atoms with Gasteiger partial charge < -0.3 is 4.90 Å². The standard InChI is InChI=1S/C21H31N/c1-4-5-6-7-8-13-22-17(3)14-21(22)19-11-12-20-16(2)9-10-18(20)15-19/h11-12,15-16,21H,3-10,13-14H2,1-2H3. The van der Waals surface area contributed by atoms with Crippen molar-refractivity contribution >= 4 is 0 Å². The van der Waals surface area contributed by atoms with Crippen LogP contribution in [0.15, 0.2) is 30.5 Å². The van der Waals surface area contributed by atoms with Gasteiger partial charge in [0.2, 0.25) is 0 Å². The Morgan fingerprint density at radius 2 is 2.00 bits per heavy atom. The number of aryl methyl sites for hydroxylation is 1. The lowest BCUT2D eigenvalue weighted by molar-refractivity contribution is 0.156. The summed E-state index contributed by atoms with van der Waals surface area (Å²) in [5, 5.41) is 0. The van der Waals surface area contributed by atoms with Crippen LogP contribution in [-0.2, 0) is 6.42 Å². The van der Waals surface area contributed by atoms with E-state index in [4.69, 9.17) is 0 Å². The fraction of sp³-hybridized carbons (Fsp3) is 0.619. The normalized spacial score (nSPS) is 23.5. The maximum absolute atomic E-state index is 4.24. The summed E-state index contributed by atoms with van der Waals surface area (Å²) in [5.74, 6) is 0.759. The molecule has 22 heavy (non-hydrogen) atoms. The van der Waals surface area contributed by atoms with Crippen molar-refractivity contribution in [1.82, 2.24) is 4.90 Å². The van der Waals surface area contributed by atoms with Crippen molar-refractivity contribution in [3.63, 3.8) is 0 Å². The number of likely N-dealkylation sites (tertiary alicyclic amines) is 1. The van der Waals surface area contributed by atoms with Crippen molar-refractivity contribution in [2.45, 2.75) is 77.2 Å². The zero-order valence-corrected chi connectivity index (χ0v) is 14.4. The van der Waals surface area contributed by atoms with Gasteiger partial charge in [0.15, 0.2) is 0 Å². The van der Waals surface area contributed by atoms with E-state index in [0.717, 1.165) is 12.3 Å². The largest absolute Gasteiger partial charge is 0.368 e. The smallest absolute Gasteiger partial charge is 0.0593 e. The van der Waals surface area contributed by atoms with Crippen LogP contribution in [0, 0.1) is 0 Å². The Labute approximate surface area is 136 Å². The second-order valence-corrected chi connectivity index (χ2v) is 7.29. The van der Waals surface area contributed by atoms with Crippen molar-refractivity contribution in [2.24, 2.45) is 0 Å². The Hall–Kier alpha value is -1.24. The van der Waals surface area contributed by atoms with E-state index < -0.39 is 0 Å². The minimum Gasteiger partial charge on any atom is -0.368 e. The molecule has 2 unspecified atom stereocenters. The van der Waals surface area contributed by atoms with Crippen molar-refractivity contribution in [3.05, 3.63) is 47.2 Å². The highest BCUT2D eigenvalue weighted by molar-refractivity contribution is 5.40. The van der Waals surface area contributed by atoms with Gasteiger partial charge in [-0.3, -0.25) is 0 Å². The summed E-state index contributed by atoms with van der Waals surface area (Å²) in [6.45, 7) is 10.1. The number of fused-ring (bicyclic) bond motifs is 1. The van der Waals surface area contributed by atoms with Crippen LogP contribution in [-0.4, -0.2) is 11.4 Å². The van der Waals surface area contributed by atoms with Crippen molar-refractivity contribution in [3.8, 4) is 0 Å². The van der Waals surface area contributed by atoms with Crippen LogP contribution < -0.4 is 0 Å². The molecule has 1 aliphatic carbocycles. The molecule has 3 rings (SSSR count). The Bertz CT molecular complexity index is 531. The zero-order chi connectivity index (χ0) is 15.5. The summed E-state index contributed by atoms with van der Waals surface area (Å²) in [5.41, 5.74) is 6.06. The lowest BCUT2D eigenvalue weighted by Gasteiger charge is -2.45. The number of hydrogen-bond acceptors (Lipinski definition) is 1. The number of hydrogen-bond donors (Lipinski definition) is 0. The van der Waals surface area contributed by atoms with E-state index in [0.29, 0.717) is 6.04 Å². The quantitative estimate of drug-likeness (QED) is 0.561. The maximum Gasteiger partial charge on any atom is 0.0593 e. The van der Waals surface area contributed by atoms with Crippen LogP contribution in [0.5, 0.6) is 0 Å². The summed E-state index contributed by atoms with van der Waals surface area (Å²) >= 11 is 0. The minimum absolute atomic E-state index is 0.597. The van der Waals surface area contributed by atoms with Crippen LogP contribution in [0.25, 0.3) is 0 Å². The molecule has 1 nitrogen and oxygen atoms in total. The molecule has 1 aliphatic heterocycles. The first-order valence-electron chi connectivity index (χ1n) is 9.28. The summed E-state index contributed by atoms with van der Waals surface area (Å²) in [7, 11) is 0. The first kappa shape index (κ1) is 15.6. The van der Waals surface area contributed by atoms with Crippen LogP contribution in [0.1, 0.15) is 87.4 Å². The Morgan fingerprint density at radius 3 is 2.77 bits per heavy atom. The molecule has 0 N–H and O–H groups in total. The molecule has 1 saturated heterocycles. The van der Waals surface area contributed by atoms with Gasteiger partial charge in [-0.1, -0.05) is 64.3 Å². The highest BCUT2D eigenvalue weighted by Gasteiger charge is 2.32. The van der Waals surface area contributed by atoms with Gasteiger partial charge >= 0.3 is 0 Å². The third-order valence-electron chi connectivity index (χ3n) is 5.64. The molecule has 120 valence electrons. The molecule has 0 aromatic heterocycles. The Morgan fingerprint density at radius 1 is 1.18 bits per heavy atom. The van der Waals surface area contributed by atoms with Gasteiger partial charge in [-0.25, -0.2) is 0 Å². The van der Waals surface area contributed by atoms with Gasteiger partial charge in [-0.2, -0.15) is 0 Å². The van der Waals surface area contributed by atoms with E-state index in [1.54, 1.807) is 11.1 Å². The molecule has 1 aromatic rings. The van der Waals surface area contributed by atoms with E-state index in [1.807, 2.05) is 0 Å². The number of unbranched alkanes of at least 4 members (excludes halogenated alkanes) is 4. The second-order valence-electron chi connectivity index (χ2n) is 7.29. The number of benzene rings is 1. The molecular formula is C21H31N. The molecule has 0 radical (unpaired) electrons. The topological polar surface area (TPSA) is 3.24 Å². The third-order valence-corrected chi connectivity index (χ3v) is 5.64. The van der Waals surface area contributed by atoms with Crippen molar-refractivity contribution in [2.75, 3.05) is 6.54 Å². The molecule has 1 heteroatoms. The van der Waals surface area contributed by atoms with E-state index >= 15 is 0 Å². The summed E-state index contributed by atoms with van der Waals surface area (Å²) in [4.78, 5) is 2.55. The molecule has 0 amide bonds. The van der Waals surface area contributed by atoms with Crippen molar-refractivity contribution < 1.29 is 0 Å². The molecule has 2 aliphatic rings. The average Bonchev–Trinajstić information content (AvgIpc) is 2.89. The summed E-state index contributed by atoms with van der Waals surface area (Å²) in [6, 6.07) is 7.85. The van der Waals surface area contributed by atoms with Crippen molar-refractivity contribution in [1.29, 1.82) is 0 Å². The highest BCUT2D eigenvalue weighted by Crippen LogP contribution is 2.43. The summed E-state index contributed by atoms with van der Waals surface area (Å²) in [6.07, 6.45) is 10.5. The van der Waals surface area contributed by atoms with Gasteiger partial charge in [0.1, 0.15) is 0 Å². The van der Waals surface area contributed by atoms with E-state index in [9.17, 15) is 0 Å². The van der Waals surface area contributed by atoms with Crippen LogP contribution in [0.2, 0.25) is 0 Å². The van der Waals surface area contributed by atoms with E-state index in [-0.39, 0.29) is 0 Å². The summed E-state index contributed by atoms with van der Waals surface area (Å²) < 4.78 is 0. The van der Waals surface area contributed by atoms with E-state index in [2.05, 4.69) is 43.5 Å². The molecule has 0 saturated carbocycles. The maximum atomic E-state index is 4.24. The molecule has 2 atom stereocenters. The molecule has 1 fully saturated rings. The average molecular weight is 297 g/mol. The molecule has 1 aromatic carbocycles. The van der Waals surface area contributed by atoms with Crippen LogP contribution >= 0.6 is 0 Å². The van der Waals surface area contributed by atoms with E-state index in [1.165, 1.54) is 62.8 Å². The number of nitrogens with zero attached hydrogens (tertiary/aromatic N) is 1. The van der Waals surface area contributed by atoms with Gasteiger partial charge in [-0.05, 0) is 41.9 Å². The molecule has 1 heterocycles. The lowest BCUT2D eigenvalue weighted by Crippen LogP contribution is -2.38. The zero-order valence-electron chi connectivity index (χ0n) is 14.4. The lowest BCUT2D eigenvalue weighted by atomic mass is 9.89. The first-order chi connectivity index (χ1) is 10.7. The number of rotatable bonds is 7. The van der Waals surface area contributed by atoms with Gasteiger partial charge in [0.25, 0.3) is 0 Å². The van der Waals surface area contributed by atoms with Gasteiger partial charge in [-0.15, -0.1) is 0 Å². The third kappa shape index (κ3) is 3.09. The highest BCUT2D eigenvalue weighted by atomic mass is 15.2. The predicted octanol–water partition coefficient (Wildman–Crippen LogP) is 5.97. The first-order valence-corrected chi connectivity index (χ1v) is 9.28. The minimum atomic E-state index is 0.597. The monoisotopic (exact) mass is 297 g/mol. The molecular weight excluding hydrogens is 266 g/mol. The molecule has 0 spiro atoms. The molecule has 0 bridgehead atoms. The fourth-order valence-corrected chi connectivity index (χ4v) is 4.11. The Kier molecular flexibility index (Phi) is 4.90. The van der Waals surface area contributed by atoms with Crippen LogP contribution in [0.3, 0.4) is 0 Å².